The molecule has 0 spiro atoms. The summed E-state index contributed by atoms with van der Waals surface area (Å²) in [5.74, 6) is -4.00. The number of hydrogen-bond acceptors (Lipinski definition) is 2. The van der Waals surface area contributed by atoms with E-state index in [0.717, 1.165) is 12.1 Å². The highest BCUT2D eigenvalue weighted by Gasteiger charge is 2.14. The zero-order valence-corrected chi connectivity index (χ0v) is 10.6. The van der Waals surface area contributed by atoms with Gasteiger partial charge in [0.05, 0.1) is 11.4 Å². The molecule has 18 heavy (non-hydrogen) atoms. The van der Waals surface area contributed by atoms with Gasteiger partial charge in [-0.1, -0.05) is 0 Å². The fourth-order valence-corrected chi connectivity index (χ4v) is 1.90. The summed E-state index contributed by atoms with van der Waals surface area (Å²) in [6.07, 6.45) is 0. The van der Waals surface area contributed by atoms with Gasteiger partial charge in [-0.05, 0) is 46.3 Å². The van der Waals surface area contributed by atoms with Gasteiger partial charge >= 0.3 is 0 Å². The number of rotatable bonds is 2. The van der Waals surface area contributed by atoms with Crippen molar-refractivity contribution in [1.29, 1.82) is 0 Å². The van der Waals surface area contributed by atoms with Gasteiger partial charge in [-0.15, -0.1) is 0 Å². The van der Waals surface area contributed by atoms with Crippen LogP contribution in [0.15, 0.2) is 34.8 Å². The highest BCUT2D eigenvalue weighted by molar-refractivity contribution is 9.10. The van der Waals surface area contributed by atoms with Crippen molar-refractivity contribution < 1.29 is 13.2 Å². The van der Waals surface area contributed by atoms with Gasteiger partial charge in [0.25, 0.3) is 0 Å². The lowest BCUT2D eigenvalue weighted by molar-refractivity contribution is 0.449. The third-order valence-corrected chi connectivity index (χ3v) is 2.95. The smallest absolute Gasteiger partial charge is 0.196 e. The van der Waals surface area contributed by atoms with Crippen LogP contribution in [0.1, 0.15) is 0 Å². The molecule has 94 valence electrons. The Labute approximate surface area is 110 Å². The Hall–Kier alpha value is -1.69. The maximum atomic E-state index is 13.4. The topological polar surface area (TPSA) is 38.0 Å². The van der Waals surface area contributed by atoms with Crippen molar-refractivity contribution in [2.45, 2.75) is 0 Å². The van der Waals surface area contributed by atoms with Crippen molar-refractivity contribution in [3.63, 3.8) is 0 Å². The minimum Gasteiger partial charge on any atom is -0.399 e. The van der Waals surface area contributed by atoms with Gasteiger partial charge in [0.2, 0.25) is 0 Å². The van der Waals surface area contributed by atoms with E-state index in [1.165, 1.54) is 0 Å². The maximum Gasteiger partial charge on any atom is 0.196 e. The van der Waals surface area contributed by atoms with E-state index < -0.39 is 17.5 Å². The predicted octanol–water partition coefficient (Wildman–Crippen LogP) is 4.19. The molecule has 0 fully saturated rings. The summed E-state index contributed by atoms with van der Waals surface area (Å²) in [4.78, 5) is 0. The fourth-order valence-electron chi connectivity index (χ4n) is 1.40. The number of nitrogens with one attached hydrogen (secondary N) is 1. The van der Waals surface area contributed by atoms with Gasteiger partial charge in [-0.3, -0.25) is 0 Å². The molecule has 0 aliphatic carbocycles. The monoisotopic (exact) mass is 316 g/mol. The van der Waals surface area contributed by atoms with E-state index in [9.17, 15) is 13.2 Å². The van der Waals surface area contributed by atoms with E-state index in [0.29, 0.717) is 15.8 Å². The number of anilines is 3. The number of nitrogen functional groups attached to an aromatic ring is 1. The highest BCUT2D eigenvalue weighted by atomic mass is 79.9. The Morgan fingerprint density at radius 1 is 0.944 bits per heavy atom. The second-order valence-corrected chi connectivity index (χ2v) is 4.44. The van der Waals surface area contributed by atoms with Gasteiger partial charge in [0.15, 0.2) is 17.5 Å². The van der Waals surface area contributed by atoms with Crippen LogP contribution in [0, 0.1) is 17.5 Å². The average molecular weight is 317 g/mol. The number of benzene rings is 2. The average Bonchev–Trinajstić information content (AvgIpc) is 2.33. The molecule has 2 aromatic rings. The molecule has 0 atom stereocenters. The second-order valence-electron chi connectivity index (χ2n) is 3.59. The molecule has 0 aromatic heterocycles. The lowest BCUT2D eigenvalue weighted by Gasteiger charge is -2.10. The summed E-state index contributed by atoms with van der Waals surface area (Å²) in [7, 11) is 0. The van der Waals surface area contributed by atoms with Crippen LogP contribution < -0.4 is 11.1 Å². The Morgan fingerprint density at radius 3 is 2.28 bits per heavy atom. The molecule has 0 aliphatic rings. The Bertz CT molecular complexity index is 602. The molecule has 0 aliphatic heterocycles. The van der Waals surface area contributed by atoms with Gasteiger partial charge in [0.1, 0.15) is 0 Å². The van der Waals surface area contributed by atoms with Crippen molar-refractivity contribution in [3.8, 4) is 0 Å². The van der Waals surface area contributed by atoms with Crippen LogP contribution in [0.5, 0.6) is 0 Å². The first-order valence-electron chi connectivity index (χ1n) is 4.94. The molecule has 0 amide bonds. The normalized spacial score (nSPS) is 10.4. The van der Waals surface area contributed by atoms with Crippen molar-refractivity contribution in [2.24, 2.45) is 0 Å². The van der Waals surface area contributed by atoms with Crippen molar-refractivity contribution >= 4 is 33.0 Å². The van der Waals surface area contributed by atoms with Gasteiger partial charge < -0.3 is 11.1 Å². The molecule has 0 saturated carbocycles. The second kappa shape index (κ2) is 4.89. The molecule has 6 heteroatoms. The molecule has 2 aromatic carbocycles. The third-order valence-electron chi connectivity index (χ3n) is 2.30. The van der Waals surface area contributed by atoms with E-state index in [-0.39, 0.29) is 5.69 Å². The summed E-state index contributed by atoms with van der Waals surface area (Å²) in [6, 6.07) is 6.79. The summed E-state index contributed by atoms with van der Waals surface area (Å²) >= 11 is 3.23. The zero-order chi connectivity index (χ0) is 13.3. The molecule has 0 unspecified atom stereocenters. The van der Waals surface area contributed by atoms with Crippen LogP contribution in [-0.2, 0) is 0 Å². The van der Waals surface area contributed by atoms with Crippen LogP contribution in [0.3, 0.4) is 0 Å². The predicted molar refractivity (Wildman–Crippen MR) is 68.2 cm³/mol. The molecule has 2 nitrogen and oxygen atoms in total. The molecular formula is C12H8BrF3N2. The Balaban J connectivity index is 2.37. The first kappa shape index (κ1) is 12.8. The maximum absolute atomic E-state index is 13.4. The van der Waals surface area contributed by atoms with Crippen molar-refractivity contribution in [1.82, 2.24) is 0 Å². The lowest BCUT2D eigenvalue weighted by Crippen LogP contribution is -1.99. The number of halogens is 4. The SMILES string of the molecule is Nc1ccc(Nc2ccc(F)c(F)c2F)c(Br)c1. The van der Waals surface area contributed by atoms with E-state index in [1.807, 2.05) is 0 Å². The number of nitrogens with two attached hydrogens (primary N) is 1. The molecule has 0 bridgehead atoms. The lowest BCUT2D eigenvalue weighted by atomic mass is 10.2. The van der Waals surface area contributed by atoms with Crippen LogP contribution in [0.4, 0.5) is 30.2 Å². The Morgan fingerprint density at radius 2 is 1.61 bits per heavy atom. The summed E-state index contributed by atoms with van der Waals surface area (Å²) in [5, 5.41) is 2.65. The van der Waals surface area contributed by atoms with Crippen LogP contribution in [0.25, 0.3) is 0 Å². The van der Waals surface area contributed by atoms with E-state index in [1.54, 1.807) is 18.2 Å². The van der Waals surface area contributed by atoms with E-state index in [2.05, 4.69) is 21.2 Å². The molecular weight excluding hydrogens is 309 g/mol. The molecule has 2 rings (SSSR count). The van der Waals surface area contributed by atoms with E-state index in [4.69, 9.17) is 5.73 Å². The molecule has 3 N–H and O–H groups in total. The fraction of sp³-hybridized carbons (Fsp3) is 0. The van der Waals surface area contributed by atoms with Crippen LogP contribution in [-0.4, -0.2) is 0 Å². The first-order chi connectivity index (χ1) is 8.49. The van der Waals surface area contributed by atoms with E-state index >= 15 is 0 Å². The highest BCUT2D eigenvalue weighted by Crippen LogP contribution is 2.29. The van der Waals surface area contributed by atoms with Crippen LogP contribution >= 0.6 is 15.9 Å². The molecule has 0 heterocycles. The quantitative estimate of drug-likeness (QED) is 0.644. The van der Waals surface area contributed by atoms with Crippen molar-refractivity contribution in [2.75, 3.05) is 11.1 Å². The first-order valence-corrected chi connectivity index (χ1v) is 5.74. The minimum atomic E-state index is -1.51. The van der Waals surface area contributed by atoms with Crippen molar-refractivity contribution in [3.05, 3.63) is 52.3 Å². The summed E-state index contributed by atoms with van der Waals surface area (Å²) in [5.41, 5.74) is 6.42. The standard InChI is InChI=1S/C12H8BrF3N2/c13-7-5-6(17)1-3-9(7)18-10-4-2-8(14)11(15)12(10)16/h1-5,18H,17H2. The minimum absolute atomic E-state index is 0.153. The van der Waals surface area contributed by atoms with Gasteiger partial charge in [-0.25, -0.2) is 13.2 Å². The van der Waals surface area contributed by atoms with Crippen LogP contribution in [0.2, 0.25) is 0 Å². The third kappa shape index (κ3) is 2.43. The zero-order valence-electron chi connectivity index (χ0n) is 8.98. The Kier molecular flexibility index (Phi) is 3.47. The molecule has 0 saturated heterocycles. The number of hydrogen-bond donors (Lipinski definition) is 2. The largest absolute Gasteiger partial charge is 0.399 e. The van der Waals surface area contributed by atoms with Gasteiger partial charge in [0, 0.05) is 10.2 Å². The van der Waals surface area contributed by atoms with Gasteiger partial charge in [-0.2, -0.15) is 0 Å². The molecule has 0 radical (unpaired) electrons. The summed E-state index contributed by atoms with van der Waals surface area (Å²) in [6.45, 7) is 0. The summed E-state index contributed by atoms with van der Waals surface area (Å²) < 4.78 is 39.8.